The summed E-state index contributed by atoms with van der Waals surface area (Å²) in [4.78, 5) is 22.2. The maximum absolute atomic E-state index is 12.0. The van der Waals surface area contributed by atoms with Crippen molar-refractivity contribution >= 4 is 28.9 Å². The molecule has 0 heterocycles. The minimum absolute atomic E-state index is 0.115. The van der Waals surface area contributed by atoms with Gasteiger partial charge >= 0.3 is 0 Å². The van der Waals surface area contributed by atoms with Crippen LogP contribution in [-0.2, 0) is 4.79 Å². The molecule has 102 valence electrons. The van der Waals surface area contributed by atoms with Gasteiger partial charge in [0.2, 0.25) is 5.91 Å². The van der Waals surface area contributed by atoms with Crippen molar-refractivity contribution < 1.29 is 9.72 Å². The van der Waals surface area contributed by atoms with Crippen LogP contribution in [0.5, 0.6) is 0 Å². The second-order valence-corrected chi connectivity index (χ2v) is 5.02. The van der Waals surface area contributed by atoms with Crippen LogP contribution in [-0.4, -0.2) is 16.9 Å². The van der Waals surface area contributed by atoms with E-state index >= 15 is 0 Å². The van der Waals surface area contributed by atoms with E-state index in [1.54, 1.807) is 0 Å². The number of carbonyl (C=O) groups is 1. The molecule has 6 nitrogen and oxygen atoms in total. The summed E-state index contributed by atoms with van der Waals surface area (Å²) in [6, 6.07) is 3.78. The van der Waals surface area contributed by atoms with E-state index in [0.29, 0.717) is 0 Å². The number of halogens is 1. The molecule has 1 aromatic carbocycles. The third-order valence-electron chi connectivity index (χ3n) is 3.32. The standard InChI is InChI=1S/C12H14ClN3O3/c13-9-5-4-7(16(18)19)6-11(9)15-12(17)8-2-1-3-10(8)14/h4-6,8,10H,1-3,14H2,(H,15,17). The summed E-state index contributed by atoms with van der Waals surface area (Å²) in [6.45, 7) is 0. The lowest BCUT2D eigenvalue weighted by molar-refractivity contribution is -0.384. The monoisotopic (exact) mass is 283 g/mol. The first-order chi connectivity index (χ1) is 8.99. The lowest BCUT2D eigenvalue weighted by atomic mass is 10.0. The van der Waals surface area contributed by atoms with E-state index in [1.165, 1.54) is 18.2 Å². The Labute approximate surface area is 115 Å². The fraction of sp³-hybridized carbons (Fsp3) is 0.417. The number of hydrogen-bond acceptors (Lipinski definition) is 4. The molecule has 1 amide bonds. The highest BCUT2D eigenvalue weighted by Crippen LogP contribution is 2.29. The van der Waals surface area contributed by atoms with Gasteiger partial charge in [-0.3, -0.25) is 14.9 Å². The molecule has 0 bridgehead atoms. The molecule has 0 radical (unpaired) electrons. The second kappa shape index (κ2) is 5.54. The van der Waals surface area contributed by atoms with Gasteiger partial charge in [-0.15, -0.1) is 0 Å². The molecule has 1 saturated carbocycles. The van der Waals surface area contributed by atoms with Gasteiger partial charge in [0.15, 0.2) is 0 Å². The van der Waals surface area contributed by atoms with Crippen LogP contribution in [0.3, 0.4) is 0 Å². The molecule has 0 aromatic heterocycles. The normalized spacial score (nSPS) is 22.2. The summed E-state index contributed by atoms with van der Waals surface area (Å²) in [5, 5.41) is 13.6. The molecule has 1 aliphatic rings. The predicted octanol–water partition coefficient (Wildman–Crippen LogP) is 2.31. The number of nitrogens with zero attached hydrogens (tertiary/aromatic N) is 1. The van der Waals surface area contributed by atoms with E-state index in [1.807, 2.05) is 0 Å². The maximum atomic E-state index is 12.0. The van der Waals surface area contributed by atoms with Crippen LogP contribution in [0.25, 0.3) is 0 Å². The Morgan fingerprint density at radius 1 is 1.47 bits per heavy atom. The number of anilines is 1. The van der Waals surface area contributed by atoms with Crippen molar-refractivity contribution in [3.05, 3.63) is 33.3 Å². The van der Waals surface area contributed by atoms with Gasteiger partial charge in [0.05, 0.1) is 21.6 Å². The molecule has 1 aliphatic carbocycles. The highest BCUT2D eigenvalue weighted by Gasteiger charge is 2.30. The zero-order chi connectivity index (χ0) is 14.0. The molecule has 3 N–H and O–H groups in total. The molecule has 7 heteroatoms. The summed E-state index contributed by atoms with van der Waals surface area (Å²) in [5.41, 5.74) is 5.98. The van der Waals surface area contributed by atoms with Gasteiger partial charge < -0.3 is 11.1 Å². The van der Waals surface area contributed by atoms with Crippen LogP contribution in [0.1, 0.15) is 19.3 Å². The van der Waals surface area contributed by atoms with Crippen LogP contribution >= 0.6 is 11.6 Å². The Morgan fingerprint density at radius 2 is 2.21 bits per heavy atom. The molecule has 1 aromatic rings. The predicted molar refractivity (Wildman–Crippen MR) is 72.1 cm³/mol. The van der Waals surface area contributed by atoms with Gasteiger partial charge in [-0.25, -0.2) is 0 Å². The molecular weight excluding hydrogens is 270 g/mol. The van der Waals surface area contributed by atoms with E-state index < -0.39 is 4.92 Å². The van der Waals surface area contributed by atoms with E-state index in [-0.39, 0.29) is 34.3 Å². The number of nitrogens with one attached hydrogen (secondary N) is 1. The molecule has 2 atom stereocenters. The molecule has 19 heavy (non-hydrogen) atoms. The van der Waals surface area contributed by atoms with Gasteiger partial charge in [0.1, 0.15) is 0 Å². The fourth-order valence-electron chi connectivity index (χ4n) is 2.26. The fourth-order valence-corrected chi connectivity index (χ4v) is 2.43. The van der Waals surface area contributed by atoms with Crippen molar-refractivity contribution in [2.24, 2.45) is 11.7 Å². The zero-order valence-corrected chi connectivity index (χ0v) is 10.9. The van der Waals surface area contributed by atoms with E-state index in [2.05, 4.69) is 5.32 Å². The number of carbonyl (C=O) groups excluding carboxylic acids is 1. The van der Waals surface area contributed by atoms with E-state index in [9.17, 15) is 14.9 Å². The number of non-ortho nitro benzene ring substituents is 1. The molecule has 2 unspecified atom stereocenters. The first-order valence-corrected chi connectivity index (χ1v) is 6.37. The highest BCUT2D eigenvalue weighted by molar-refractivity contribution is 6.33. The average Bonchev–Trinajstić information content (AvgIpc) is 2.78. The largest absolute Gasteiger partial charge is 0.327 e. The van der Waals surface area contributed by atoms with Crippen molar-refractivity contribution in [2.45, 2.75) is 25.3 Å². The quantitative estimate of drug-likeness (QED) is 0.657. The van der Waals surface area contributed by atoms with Gasteiger partial charge in [-0.05, 0) is 18.9 Å². The van der Waals surface area contributed by atoms with Crippen molar-refractivity contribution in [2.75, 3.05) is 5.32 Å². The van der Waals surface area contributed by atoms with Crippen LogP contribution in [0.2, 0.25) is 5.02 Å². The summed E-state index contributed by atoms with van der Waals surface area (Å²) >= 11 is 5.92. The van der Waals surface area contributed by atoms with E-state index in [4.69, 9.17) is 17.3 Å². The second-order valence-electron chi connectivity index (χ2n) is 4.61. The topological polar surface area (TPSA) is 98.3 Å². The number of rotatable bonds is 3. The minimum Gasteiger partial charge on any atom is -0.327 e. The van der Waals surface area contributed by atoms with Gasteiger partial charge in [0, 0.05) is 18.2 Å². The average molecular weight is 284 g/mol. The lowest BCUT2D eigenvalue weighted by Gasteiger charge is -2.15. The first-order valence-electron chi connectivity index (χ1n) is 5.99. The molecule has 1 fully saturated rings. The van der Waals surface area contributed by atoms with Crippen LogP contribution in [0.4, 0.5) is 11.4 Å². The van der Waals surface area contributed by atoms with Crippen molar-refractivity contribution in [3.8, 4) is 0 Å². The number of nitrogens with two attached hydrogens (primary N) is 1. The zero-order valence-electron chi connectivity index (χ0n) is 10.1. The minimum atomic E-state index is -0.534. The third-order valence-corrected chi connectivity index (χ3v) is 3.65. The van der Waals surface area contributed by atoms with Crippen molar-refractivity contribution in [3.63, 3.8) is 0 Å². The van der Waals surface area contributed by atoms with Gasteiger partial charge in [0.25, 0.3) is 5.69 Å². The Kier molecular flexibility index (Phi) is 4.01. The Bertz CT molecular complexity index is 521. The molecule has 0 saturated heterocycles. The van der Waals surface area contributed by atoms with Crippen LogP contribution in [0.15, 0.2) is 18.2 Å². The van der Waals surface area contributed by atoms with Crippen molar-refractivity contribution in [1.82, 2.24) is 0 Å². The van der Waals surface area contributed by atoms with Crippen LogP contribution in [0, 0.1) is 16.0 Å². The first kappa shape index (κ1) is 13.8. The number of nitro benzene ring substituents is 1. The summed E-state index contributed by atoms with van der Waals surface area (Å²) in [7, 11) is 0. The van der Waals surface area contributed by atoms with Crippen molar-refractivity contribution in [1.29, 1.82) is 0 Å². The third kappa shape index (κ3) is 3.02. The molecule has 2 rings (SSSR count). The summed E-state index contributed by atoms with van der Waals surface area (Å²) in [5.74, 6) is -0.484. The van der Waals surface area contributed by atoms with E-state index in [0.717, 1.165) is 19.3 Å². The molecular formula is C12H14ClN3O3. The number of benzene rings is 1. The van der Waals surface area contributed by atoms with Gasteiger partial charge in [-0.2, -0.15) is 0 Å². The Hall–Kier alpha value is -1.66. The Morgan fingerprint density at radius 3 is 2.79 bits per heavy atom. The number of amides is 1. The smallest absolute Gasteiger partial charge is 0.271 e. The van der Waals surface area contributed by atoms with Crippen LogP contribution < -0.4 is 11.1 Å². The number of hydrogen-bond donors (Lipinski definition) is 2. The molecule has 0 spiro atoms. The summed E-state index contributed by atoms with van der Waals surface area (Å²) < 4.78 is 0. The van der Waals surface area contributed by atoms with Gasteiger partial charge in [-0.1, -0.05) is 18.0 Å². The molecule has 0 aliphatic heterocycles. The maximum Gasteiger partial charge on any atom is 0.271 e. The Balaban J connectivity index is 2.16. The lowest BCUT2D eigenvalue weighted by Crippen LogP contribution is -2.34. The SMILES string of the molecule is NC1CCCC1C(=O)Nc1cc([N+](=O)[O-])ccc1Cl. The summed E-state index contributed by atoms with van der Waals surface area (Å²) in [6.07, 6.45) is 2.47. The number of nitro groups is 1. The highest BCUT2D eigenvalue weighted by atomic mass is 35.5.